The average molecular weight is 280 g/mol. The summed E-state index contributed by atoms with van der Waals surface area (Å²) in [6.45, 7) is 3.82. The molecule has 1 aromatic carbocycles. The maximum Gasteiger partial charge on any atom is 0.328 e. The largest absolute Gasteiger partial charge is 0.464 e. The normalized spacial score (nSPS) is 12.2. The molecule has 0 spiro atoms. The number of halogens is 1. The van der Waals surface area contributed by atoms with Gasteiger partial charge in [0.1, 0.15) is 11.9 Å². The second-order valence-electron chi connectivity index (χ2n) is 3.98. The molecule has 100 valence electrons. The van der Waals surface area contributed by atoms with Crippen molar-refractivity contribution in [3.8, 4) is 0 Å². The second kappa shape index (κ2) is 5.84. The van der Waals surface area contributed by atoms with E-state index in [0.29, 0.717) is 12.4 Å². The Bertz CT molecular complexity index is 603. The van der Waals surface area contributed by atoms with Crippen LogP contribution in [0.4, 0.5) is 5.82 Å². The number of aromatic nitrogens is 2. The van der Waals surface area contributed by atoms with Crippen molar-refractivity contribution in [2.45, 2.75) is 19.9 Å². The first-order valence-electron chi connectivity index (χ1n) is 5.97. The number of nitrogens with zero attached hydrogens (tertiary/aromatic N) is 2. The Kier molecular flexibility index (Phi) is 4.16. The molecule has 0 aliphatic heterocycles. The summed E-state index contributed by atoms with van der Waals surface area (Å²) in [4.78, 5) is 19.8. The van der Waals surface area contributed by atoms with Gasteiger partial charge in [-0.3, -0.25) is 0 Å². The predicted octanol–water partition coefficient (Wildman–Crippen LogP) is 2.65. The summed E-state index contributed by atoms with van der Waals surface area (Å²) in [6, 6.07) is 6.94. The molecule has 1 heterocycles. The molecule has 0 radical (unpaired) electrons. The van der Waals surface area contributed by atoms with Crippen molar-refractivity contribution in [3.05, 3.63) is 29.5 Å². The van der Waals surface area contributed by atoms with E-state index in [-0.39, 0.29) is 11.3 Å². The number of carbonyl (C=O) groups excluding carboxylic acids is 1. The van der Waals surface area contributed by atoms with Gasteiger partial charge in [0.2, 0.25) is 5.28 Å². The van der Waals surface area contributed by atoms with Gasteiger partial charge in [-0.15, -0.1) is 0 Å². The van der Waals surface area contributed by atoms with Crippen molar-refractivity contribution in [1.82, 2.24) is 9.97 Å². The highest BCUT2D eigenvalue weighted by molar-refractivity contribution is 6.28. The molecule has 1 atom stereocenters. The molecule has 0 saturated carbocycles. The molecule has 6 heteroatoms. The van der Waals surface area contributed by atoms with Gasteiger partial charge in [0.25, 0.3) is 0 Å². The van der Waals surface area contributed by atoms with Crippen molar-refractivity contribution in [2.75, 3.05) is 11.9 Å². The van der Waals surface area contributed by atoms with Crippen molar-refractivity contribution in [3.63, 3.8) is 0 Å². The minimum Gasteiger partial charge on any atom is -0.464 e. The summed E-state index contributed by atoms with van der Waals surface area (Å²) in [5, 5.41) is 3.94. The molecule has 0 saturated heterocycles. The van der Waals surface area contributed by atoms with Crippen LogP contribution < -0.4 is 5.32 Å². The molecule has 2 aromatic rings. The van der Waals surface area contributed by atoms with Crippen molar-refractivity contribution >= 4 is 34.3 Å². The molecular weight excluding hydrogens is 266 g/mol. The highest BCUT2D eigenvalue weighted by atomic mass is 35.5. The number of esters is 1. The van der Waals surface area contributed by atoms with E-state index in [1.54, 1.807) is 13.8 Å². The fourth-order valence-electron chi connectivity index (χ4n) is 1.69. The quantitative estimate of drug-likeness (QED) is 0.688. The van der Waals surface area contributed by atoms with Crippen LogP contribution in [0.5, 0.6) is 0 Å². The predicted molar refractivity (Wildman–Crippen MR) is 74.3 cm³/mol. The number of fused-ring (bicyclic) bond motifs is 1. The van der Waals surface area contributed by atoms with Crippen molar-refractivity contribution in [1.29, 1.82) is 0 Å². The first-order valence-corrected chi connectivity index (χ1v) is 6.35. The highest BCUT2D eigenvalue weighted by Gasteiger charge is 2.16. The maximum absolute atomic E-state index is 11.6. The van der Waals surface area contributed by atoms with E-state index in [4.69, 9.17) is 16.3 Å². The van der Waals surface area contributed by atoms with Crippen LogP contribution in [-0.4, -0.2) is 28.6 Å². The number of nitrogens with one attached hydrogen (secondary N) is 1. The number of benzene rings is 1. The molecule has 0 amide bonds. The second-order valence-corrected chi connectivity index (χ2v) is 4.31. The molecule has 0 aliphatic rings. The molecule has 0 aliphatic carbocycles. The summed E-state index contributed by atoms with van der Waals surface area (Å²) in [5.41, 5.74) is 0.723. The molecule has 1 aromatic heterocycles. The van der Waals surface area contributed by atoms with Gasteiger partial charge >= 0.3 is 5.97 Å². The third kappa shape index (κ3) is 3.12. The van der Waals surface area contributed by atoms with E-state index in [0.717, 1.165) is 10.9 Å². The van der Waals surface area contributed by atoms with Crippen LogP contribution in [0.2, 0.25) is 5.28 Å². The van der Waals surface area contributed by atoms with Crippen LogP contribution in [0.25, 0.3) is 10.9 Å². The Morgan fingerprint density at radius 1 is 1.42 bits per heavy atom. The van der Waals surface area contributed by atoms with Gasteiger partial charge in [-0.1, -0.05) is 12.1 Å². The van der Waals surface area contributed by atoms with Crippen LogP contribution in [0.1, 0.15) is 13.8 Å². The molecule has 0 bridgehead atoms. The van der Waals surface area contributed by atoms with Gasteiger partial charge in [0.05, 0.1) is 12.1 Å². The van der Waals surface area contributed by atoms with Crippen LogP contribution in [0.3, 0.4) is 0 Å². The molecule has 1 unspecified atom stereocenters. The SMILES string of the molecule is CCOC(=O)C(C)Nc1nc(Cl)nc2ccccc12. The number of carbonyl (C=O) groups is 1. The Morgan fingerprint density at radius 2 is 2.16 bits per heavy atom. The summed E-state index contributed by atoms with van der Waals surface area (Å²) in [6.07, 6.45) is 0. The fourth-order valence-corrected chi connectivity index (χ4v) is 1.87. The third-order valence-corrected chi connectivity index (χ3v) is 2.74. The van der Waals surface area contributed by atoms with E-state index >= 15 is 0 Å². The average Bonchev–Trinajstić information content (AvgIpc) is 2.38. The molecule has 5 nitrogen and oxygen atoms in total. The van der Waals surface area contributed by atoms with Crippen LogP contribution in [0, 0.1) is 0 Å². The van der Waals surface area contributed by atoms with E-state index in [9.17, 15) is 4.79 Å². The Balaban J connectivity index is 2.32. The minimum atomic E-state index is -0.505. The van der Waals surface area contributed by atoms with Crippen LogP contribution in [0.15, 0.2) is 24.3 Å². The first kappa shape index (κ1) is 13.5. The molecule has 0 fully saturated rings. The lowest BCUT2D eigenvalue weighted by Gasteiger charge is -2.14. The van der Waals surface area contributed by atoms with E-state index < -0.39 is 6.04 Å². The van der Waals surface area contributed by atoms with Gasteiger partial charge in [-0.25, -0.2) is 14.8 Å². The lowest BCUT2D eigenvalue weighted by Crippen LogP contribution is -2.28. The van der Waals surface area contributed by atoms with Crippen LogP contribution in [-0.2, 0) is 9.53 Å². The number of rotatable bonds is 4. The summed E-state index contributed by atoms with van der Waals surface area (Å²) >= 11 is 5.87. The summed E-state index contributed by atoms with van der Waals surface area (Å²) in [5.74, 6) is 0.192. The monoisotopic (exact) mass is 279 g/mol. The van der Waals surface area contributed by atoms with E-state index in [2.05, 4.69) is 15.3 Å². The smallest absolute Gasteiger partial charge is 0.328 e. The first-order chi connectivity index (χ1) is 9.11. The number of para-hydroxylation sites is 1. The minimum absolute atomic E-state index is 0.136. The van der Waals surface area contributed by atoms with Gasteiger partial charge in [-0.2, -0.15) is 0 Å². The Morgan fingerprint density at radius 3 is 2.89 bits per heavy atom. The van der Waals surface area contributed by atoms with Crippen molar-refractivity contribution < 1.29 is 9.53 Å². The van der Waals surface area contributed by atoms with Crippen LogP contribution >= 0.6 is 11.6 Å². The number of hydrogen-bond donors (Lipinski definition) is 1. The van der Waals surface area contributed by atoms with Gasteiger partial charge in [0, 0.05) is 5.39 Å². The zero-order chi connectivity index (χ0) is 13.8. The zero-order valence-electron chi connectivity index (χ0n) is 10.7. The van der Waals surface area contributed by atoms with Gasteiger partial charge in [-0.05, 0) is 37.6 Å². The third-order valence-electron chi connectivity index (χ3n) is 2.57. The number of hydrogen-bond acceptors (Lipinski definition) is 5. The highest BCUT2D eigenvalue weighted by Crippen LogP contribution is 2.22. The maximum atomic E-state index is 11.6. The Labute approximate surface area is 116 Å². The fraction of sp³-hybridized carbons (Fsp3) is 0.308. The lowest BCUT2D eigenvalue weighted by atomic mass is 10.2. The molecule has 1 N–H and O–H groups in total. The van der Waals surface area contributed by atoms with E-state index in [1.807, 2.05) is 24.3 Å². The van der Waals surface area contributed by atoms with Crippen molar-refractivity contribution in [2.24, 2.45) is 0 Å². The van der Waals surface area contributed by atoms with Gasteiger partial charge in [0.15, 0.2) is 0 Å². The Hall–Kier alpha value is -1.88. The lowest BCUT2D eigenvalue weighted by molar-refractivity contribution is -0.143. The molecule has 2 rings (SSSR count). The summed E-state index contributed by atoms with van der Waals surface area (Å²) < 4.78 is 4.94. The molecular formula is C13H14ClN3O2. The summed E-state index contributed by atoms with van der Waals surface area (Å²) in [7, 11) is 0. The number of anilines is 1. The molecule has 19 heavy (non-hydrogen) atoms. The number of ether oxygens (including phenoxy) is 1. The van der Waals surface area contributed by atoms with E-state index in [1.165, 1.54) is 0 Å². The van der Waals surface area contributed by atoms with Gasteiger partial charge < -0.3 is 10.1 Å². The zero-order valence-corrected chi connectivity index (χ0v) is 11.4. The topological polar surface area (TPSA) is 64.1 Å². The standard InChI is InChI=1S/C13H14ClN3O2/c1-3-19-12(18)8(2)15-11-9-6-4-5-7-10(9)16-13(14)17-11/h4-8H,3H2,1-2H3,(H,15,16,17).